The molecule has 1 atom stereocenters. The van der Waals surface area contributed by atoms with Crippen molar-refractivity contribution in [1.29, 1.82) is 0 Å². The zero-order chi connectivity index (χ0) is 15.1. The monoisotopic (exact) mass is 278 g/mol. The van der Waals surface area contributed by atoms with Gasteiger partial charge in [0, 0.05) is 6.54 Å². The maximum absolute atomic E-state index is 11.9. The first-order chi connectivity index (χ1) is 9.38. The molecule has 110 valence electrons. The second-order valence-corrected chi connectivity index (χ2v) is 5.26. The smallest absolute Gasteiger partial charge is 0.338 e. The number of rotatable bonds is 6. The minimum absolute atomic E-state index is 0.0984. The summed E-state index contributed by atoms with van der Waals surface area (Å²) in [5, 5.41) is 2.49. The van der Waals surface area contributed by atoms with E-state index in [4.69, 9.17) is 10.5 Å². The number of hydrogen-bond donors (Lipinski definition) is 2. The van der Waals surface area contributed by atoms with Crippen LogP contribution in [0.25, 0.3) is 0 Å². The lowest BCUT2D eigenvalue weighted by Crippen LogP contribution is -2.28. The molecule has 0 radical (unpaired) electrons. The number of nitrogens with two attached hydrogens (primary N) is 1. The molecular weight excluding hydrogens is 256 g/mol. The number of carbonyl (C=O) groups is 2. The lowest BCUT2D eigenvalue weighted by atomic mass is 10.1. The summed E-state index contributed by atoms with van der Waals surface area (Å²) in [5.74, 6) is 0.160. The Kier molecular flexibility index (Phi) is 6.03. The van der Waals surface area contributed by atoms with Crippen LogP contribution in [0.3, 0.4) is 0 Å². The second-order valence-electron chi connectivity index (χ2n) is 5.26. The zero-order valence-electron chi connectivity index (χ0n) is 12.2. The Bertz CT molecular complexity index is 455. The van der Waals surface area contributed by atoms with E-state index in [1.165, 1.54) is 0 Å². The van der Waals surface area contributed by atoms with Gasteiger partial charge < -0.3 is 15.8 Å². The molecule has 1 rings (SSSR count). The molecule has 3 N–H and O–H groups in total. The fraction of sp³-hybridized carbons (Fsp3) is 0.467. The Morgan fingerprint density at radius 3 is 2.30 bits per heavy atom. The minimum Gasteiger partial charge on any atom is -0.459 e. The molecule has 5 nitrogen and oxygen atoms in total. The Morgan fingerprint density at radius 2 is 1.80 bits per heavy atom. The molecule has 1 aromatic carbocycles. The van der Waals surface area contributed by atoms with Crippen LogP contribution < -0.4 is 11.1 Å². The molecule has 0 aliphatic heterocycles. The summed E-state index contributed by atoms with van der Waals surface area (Å²) < 4.78 is 5.36. The van der Waals surface area contributed by atoms with Crippen LogP contribution in [-0.4, -0.2) is 18.1 Å². The number of ether oxygens (including phenoxy) is 1. The van der Waals surface area contributed by atoms with Crippen molar-refractivity contribution in [3.8, 4) is 0 Å². The van der Waals surface area contributed by atoms with Gasteiger partial charge >= 0.3 is 12.0 Å². The van der Waals surface area contributed by atoms with E-state index in [2.05, 4.69) is 19.2 Å². The Hall–Kier alpha value is -2.04. The number of primary amides is 1. The fourth-order valence-corrected chi connectivity index (χ4v) is 1.91. The van der Waals surface area contributed by atoms with Crippen molar-refractivity contribution in [3.63, 3.8) is 0 Å². The third kappa shape index (κ3) is 5.73. The van der Waals surface area contributed by atoms with E-state index < -0.39 is 6.03 Å². The summed E-state index contributed by atoms with van der Waals surface area (Å²) in [6.45, 7) is 6.41. The van der Waals surface area contributed by atoms with Gasteiger partial charge in [-0.25, -0.2) is 9.59 Å². The largest absolute Gasteiger partial charge is 0.459 e. The Balaban J connectivity index is 2.55. The Labute approximate surface area is 119 Å². The van der Waals surface area contributed by atoms with E-state index in [1.54, 1.807) is 24.3 Å². The standard InChI is InChI=1S/C15H22N2O3/c1-10(2)8-11(3)20-14(18)13-6-4-12(5-7-13)9-17-15(16)19/h4-7,10-11H,8-9H2,1-3H3,(H3,16,17,19)/t11-/m1/s1. The third-order valence-electron chi connectivity index (χ3n) is 2.77. The molecule has 0 aromatic heterocycles. The van der Waals surface area contributed by atoms with E-state index in [-0.39, 0.29) is 12.1 Å². The van der Waals surface area contributed by atoms with Crippen molar-refractivity contribution in [2.45, 2.75) is 39.8 Å². The molecule has 20 heavy (non-hydrogen) atoms. The molecule has 0 spiro atoms. The lowest BCUT2D eigenvalue weighted by Gasteiger charge is -2.15. The first kappa shape index (κ1) is 16.0. The van der Waals surface area contributed by atoms with Crippen LogP contribution in [0, 0.1) is 5.92 Å². The SMILES string of the molecule is CC(C)C[C@@H](C)OC(=O)c1ccc(CNC(N)=O)cc1. The van der Waals surface area contributed by atoms with Crippen molar-refractivity contribution in [1.82, 2.24) is 5.32 Å². The normalized spacial score (nSPS) is 12.0. The highest BCUT2D eigenvalue weighted by molar-refractivity contribution is 5.89. The summed E-state index contributed by atoms with van der Waals surface area (Å²) in [4.78, 5) is 22.5. The number of nitrogens with one attached hydrogen (secondary N) is 1. The van der Waals surface area contributed by atoms with E-state index in [9.17, 15) is 9.59 Å². The van der Waals surface area contributed by atoms with Crippen LogP contribution in [0.15, 0.2) is 24.3 Å². The summed E-state index contributed by atoms with van der Waals surface area (Å²) in [7, 11) is 0. The van der Waals surface area contributed by atoms with Crippen LogP contribution in [-0.2, 0) is 11.3 Å². The molecule has 0 aliphatic carbocycles. The molecule has 5 heteroatoms. The predicted molar refractivity (Wildman–Crippen MR) is 77.2 cm³/mol. The van der Waals surface area contributed by atoms with Gasteiger partial charge in [-0.2, -0.15) is 0 Å². The van der Waals surface area contributed by atoms with Gasteiger partial charge in [-0.3, -0.25) is 0 Å². The van der Waals surface area contributed by atoms with Gasteiger partial charge in [-0.05, 0) is 37.0 Å². The summed E-state index contributed by atoms with van der Waals surface area (Å²) >= 11 is 0. The number of esters is 1. The van der Waals surface area contributed by atoms with Crippen molar-refractivity contribution in [3.05, 3.63) is 35.4 Å². The Morgan fingerprint density at radius 1 is 1.20 bits per heavy atom. The molecule has 0 unspecified atom stereocenters. The van der Waals surface area contributed by atoms with Gasteiger partial charge in [0.15, 0.2) is 0 Å². The van der Waals surface area contributed by atoms with Crippen LogP contribution in [0.1, 0.15) is 43.1 Å². The number of hydrogen-bond acceptors (Lipinski definition) is 3. The average Bonchev–Trinajstić information content (AvgIpc) is 2.35. The third-order valence-corrected chi connectivity index (χ3v) is 2.77. The number of amides is 2. The average molecular weight is 278 g/mol. The first-order valence-corrected chi connectivity index (χ1v) is 6.71. The molecule has 2 amide bonds. The molecule has 0 saturated heterocycles. The van der Waals surface area contributed by atoms with Crippen LogP contribution >= 0.6 is 0 Å². The first-order valence-electron chi connectivity index (χ1n) is 6.71. The fourth-order valence-electron chi connectivity index (χ4n) is 1.91. The molecule has 0 aliphatic rings. The maximum Gasteiger partial charge on any atom is 0.338 e. The predicted octanol–water partition coefficient (Wildman–Crippen LogP) is 2.45. The highest BCUT2D eigenvalue weighted by Crippen LogP contribution is 2.11. The van der Waals surface area contributed by atoms with Crippen molar-refractivity contribution in [2.75, 3.05) is 0 Å². The summed E-state index contributed by atoms with van der Waals surface area (Å²) in [6.07, 6.45) is 0.741. The maximum atomic E-state index is 11.9. The molecule has 0 fully saturated rings. The highest BCUT2D eigenvalue weighted by atomic mass is 16.5. The van der Waals surface area contributed by atoms with E-state index in [0.29, 0.717) is 18.0 Å². The molecule has 0 heterocycles. The summed E-state index contributed by atoms with van der Waals surface area (Å²) in [6, 6.07) is 6.32. The van der Waals surface area contributed by atoms with E-state index >= 15 is 0 Å². The van der Waals surface area contributed by atoms with Crippen molar-refractivity contribution in [2.24, 2.45) is 11.7 Å². The van der Waals surface area contributed by atoms with Crippen molar-refractivity contribution >= 4 is 12.0 Å². The molecule has 0 bridgehead atoms. The molecule has 0 saturated carbocycles. The van der Waals surface area contributed by atoms with Gasteiger partial charge in [-0.1, -0.05) is 26.0 Å². The van der Waals surface area contributed by atoms with Gasteiger partial charge in [0.25, 0.3) is 0 Å². The second kappa shape index (κ2) is 7.53. The van der Waals surface area contributed by atoms with Gasteiger partial charge in [0.2, 0.25) is 0 Å². The summed E-state index contributed by atoms with van der Waals surface area (Å²) in [5.41, 5.74) is 6.36. The van der Waals surface area contributed by atoms with Crippen LogP contribution in [0.4, 0.5) is 4.79 Å². The quantitative estimate of drug-likeness (QED) is 0.784. The van der Waals surface area contributed by atoms with Gasteiger partial charge in [0.1, 0.15) is 0 Å². The van der Waals surface area contributed by atoms with Crippen LogP contribution in [0.5, 0.6) is 0 Å². The number of carbonyl (C=O) groups excluding carboxylic acids is 2. The van der Waals surface area contributed by atoms with E-state index in [0.717, 1.165) is 12.0 Å². The van der Waals surface area contributed by atoms with Crippen LogP contribution in [0.2, 0.25) is 0 Å². The molecular formula is C15H22N2O3. The highest BCUT2D eigenvalue weighted by Gasteiger charge is 2.13. The van der Waals surface area contributed by atoms with Gasteiger partial charge in [-0.15, -0.1) is 0 Å². The van der Waals surface area contributed by atoms with Crippen molar-refractivity contribution < 1.29 is 14.3 Å². The van der Waals surface area contributed by atoms with E-state index in [1.807, 2.05) is 6.92 Å². The zero-order valence-corrected chi connectivity index (χ0v) is 12.2. The minimum atomic E-state index is -0.573. The number of benzene rings is 1. The lowest BCUT2D eigenvalue weighted by molar-refractivity contribution is 0.0299. The number of urea groups is 1. The topological polar surface area (TPSA) is 81.4 Å². The molecule has 1 aromatic rings. The van der Waals surface area contributed by atoms with Gasteiger partial charge in [0.05, 0.1) is 11.7 Å².